The molecule has 0 fully saturated rings. The van der Waals surface area contributed by atoms with Gasteiger partial charge in [0.1, 0.15) is 17.4 Å². The lowest BCUT2D eigenvalue weighted by molar-refractivity contribution is -0.119. The number of aromatic nitrogens is 2. The molecule has 0 aliphatic heterocycles. The number of rotatable bonds is 6. The highest BCUT2D eigenvalue weighted by Gasteiger charge is 2.22. The molecule has 162 valence electrons. The van der Waals surface area contributed by atoms with Gasteiger partial charge in [-0.2, -0.15) is 5.26 Å². The number of carbonyl (C=O) groups excluding carboxylic acids is 1. The van der Waals surface area contributed by atoms with E-state index in [2.05, 4.69) is 27.4 Å². The molecule has 4 rings (SSSR count). The largest absolute Gasteiger partial charge is 0.497 e. The molecule has 0 saturated heterocycles. The van der Waals surface area contributed by atoms with E-state index in [0.717, 1.165) is 31.0 Å². The van der Waals surface area contributed by atoms with Crippen molar-refractivity contribution in [3.8, 4) is 23.1 Å². The lowest BCUT2D eigenvalue weighted by Crippen LogP contribution is -2.32. The zero-order valence-corrected chi connectivity index (χ0v) is 18.4. The standard InChI is InChI=1S/C24H22N4O3S/c1-31-17-11-9-16(10-12-17)22-19(13-25)23(30)28-24(27-22)32-14-21(29)26-20-8-4-6-15-5-2-3-7-18(15)20/h2-3,5,7,9-12,20H,4,6,8,14H2,1H3,(H,26,29)(H,27,28,30)/t20-/m1/s1. The number of hydrogen-bond acceptors (Lipinski definition) is 6. The highest BCUT2D eigenvalue weighted by atomic mass is 32.2. The number of H-pyrrole nitrogens is 1. The Morgan fingerprint density at radius 3 is 2.81 bits per heavy atom. The van der Waals surface area contributed by atoms with Gasteiger partial charge in [0.15, 0.2) is 5.16 Å². The van der Waals surface area contributed by atoms with Crippen LogP contribution in [0.1, 0.15) is 35.6 Å². The van der Waals surface area contributed by atoms with Gasteiger partial charge in [0.25, 0.3) is 5.56 Å². The average molecular weight is 447 g/mol. The van der Waals surface area contributed by atoms with Crippen molar-refractivity contribution in [3.05, 3.63) is 75.6 Å². The van der Waals surface area contributed by atoms with Crippen LogP contribution in [0.25, 0.3) is 11.3 Å². The fraction of sp³-hybridized carbons (Fsp3) is 0.250. The first-order chi connectivity index (χ1) is 15.6. The Hall–Kier alpha value is -3.57. The van der Waals surface area contributed by atoms with Crippen molar-refractivity contribution in [3.63, 3.8) is 0 Å². The van der Waals surface area contributed by atoms with Crippen LogP contribution in [-0.4, -0.2) is 28.7 Å². The first-order valence-corrected chi connectivity index (χ1v) is 11.3. The Labute approximate surface area is 189 Å². The maximum atomic E-state index is 12.6. The third-order valence-corrected chi connectivity index (χ3v) is 6.29. The van der Waals surface area contributed by atoms with Crippen LogP contribution in [0.15, 0.2) is 58.5 Å². The van der Waals surface area contributed by atoms with Crippen molar-refractivity contribution in [2.75, 3.05) is 12.9 Å². The number of aryl methyl sites for hydroxylation is 1. The number of fused-ring (bicyclic) bond motifs is 1. The monoisotopic (exact) mass is 446 g/mol. The molecular formula is C24H22N4O3S. The maximum absolute atomic E-state index is 12.6. The number of nitriles is 1. The number of amides is 1. The number of methoxy groups -OCH3 is 1. The summed E-state index contributed by atoms with van der Waals surface area (Å²) < 4.78 is 5.16. The minimum absolute atomic E-state index is 0.00381. The van der Waals surface area contributed by atoms with E-state index in [-0.39, 0.29) is 29.0 Å². The molecule has 1 aromatic heterocycles. The van der Waals surface area contributed by atoms with Gasteiger partial charge in [0, 0.05) is 5.56 Å². The molecular weight excluding hydrogens is 424 g/mol. The van der Waals surface area contributed by atoms with Crippen molar-refractivity contribution >= 4 is 17.7 Å². The molecule has 0 radical (unpaired) electrons. The quantitative estimate of drug-likeness (QED) is 0.442. The van der Waals surface area contributed by atoms with Crippen molar-refractivity contribution in [2.24, 2.45) is 0 Å². The molecule has 0 unspecified atom stereocenters. The van der Waals surface area contributed by atoms with Crippen LogP contribution in [0.5, 0.6) is 5.75 Å². The van der Waals surface area contributed by atoms with E-state index >= 15 is 0 Å². The molecule has 1 aliphatic carbocycles. The lowest BCUT2D eigenvalue weighted by atomic mass is 9.88. The summed E-state index contributed by atoms with van der Waals surface area (Å²) in [7, 11) is 1.56. The summed E-state index contributed by atoms with van der Waals surface area (Å²) in [6.45, 7) is 0. The van der Waals surface area contributed by atoms with Crippen molar-refractivity contribution < 1.29 is 9.53 Å². The zero-order valence-electron chi connectivity index (χ0n) is 17.6. The van der Waals surface area contributed by atoms with Crippen LogP contribution in [0, 0.1) is 11.3 Å². The number of aromatic amines is 1. The number of hydrogen-bond donors (Lipinski definition) is 2. The number of nitrogens with one attached hydrogen (secondary N) is 2. The van der Waals surface area contributed by atoms with E-state index in [0.29, 0.717) is 16.5 Å². The molecule has 1 amide bonds. The van der Waals surface area contributed by atoms with Gasteiger partial charge in [-0.15, -0.1) is 0 Å². The van der Waals surface area contributed by atoms with Crippen molar-refractivity contribution in [1.82, 2.24) is 15.3 Å². The molecule has 1 atom stereocenters. The predicted octanol–water partition coefficient (Wildman–Crippen LogP) is 3.60. The Kier molecular flexibility index (Phi) is 6.57. The minimum Gasteiger partial charge on any atom is -0.497 e. The fourth-order valence-electron chi connectivity index (χ4n) is 3.86. The molecule has 0 spiro atoms. The molecule has 2 aromatic carbocycles. The van der Waals surface area contributed by atoms with E-state index in [4.69, 9.17) is 4.74 Å². The SMILES string of the molecule is COc1ccc(-c2nc(SCC(=O)N[C@@H]3CCCc4ccccc43)[nH]c(=O)c2C#N)cc1. The summed E-state index contributed by atoms with van der Waals surface area (Å²) in [6.07, 6.45) is 2.97. The second kappa shape index (κ2) is 9.71. The Morgan fingerprint density at radius 2 is 2.06 bits per heavy atom. The van der Waals surface area contributed by atoms with Crippen LogP contribution in [-0.2, 0) is 11.2 Å². The van der Waals surface area contributed by atoms with Gasteiger partial charge in [-0.05, 0) is 54.7 Å². The molecule has 7 nitrogen and oxygen atoms in total. The number of ether oxygens (including phenoxy) is 1. The van der Waals surface area contributed by atoms with Gasteiger partial charge >= 0.3 is 0 Å². The van der Waals surface area contributed by atoms with E-state index in [9.17, 15) is 14.9 Å². The van der Waals surface area contributed by atoms with Crippen LogP contribution in [0.2, 0.25) is 0 Å². The fourth-order valence-corrected chi connectivity index (χ4v) is 4.53. The summed E-state index contributed by atoms with van der Waals surface area (Å²) in [5, 5.41) is 12.8. The van der Waals surface area contributed by atoms with Crippen LogP contribution < -0.4 is 15.6 Å². The van der Waals surface area contributed by atoms with Gasteiger partial charge in [-0.25, -0.2) is 4.98 Å². The third kappa shape index (κ3) is 4.68. The molecule has 1 aliphatic rings. The summed E-state index contributed by atoms with van der Waals surface area (Å²) in [5.41, 5.74) is 2.75. The normalized spacial score (nSPS) is 14.8. The molecule has 8 heteroatoms. The smallest absolute Gasteiger partial charge is 0.270 e. The number of carbonyl (C=O) groups is 1. The van der Waals surface area contributed by atoms with Crippen LogP contribution >= 0.6 is 11.8 Å². The maximum Gasteiger partial charge on any atom is 0.270 e. The predicted molar refractivity (Wildman–Crippen MR) is 123 cm³/mol. The van der Waals surface area contributed by atoms with Crippen LogP contribution in [0.4, 0.5) is 0 Å². The second-order valence-corrected chi connectivity index (χ2v) is 8.40. The molecule has 0 bridgehead atoms. The Morgan fingerprint density at radius 1 is 1.28 bits per heavy atom. The molecule has 3 aromatic rings. The number of thioether (sulfide) groups is 1. The second-order valence-electron chi connectivity index (χ2n) is 7.43. The summed E-state index contributed by atoms with van der Waals surface area (Å²) in [4.78, 5) is 32.1. The Bertz CT molecular complexity index is 1230. The summed E-state index contributed by atoms with van der Waals surface area (Å²) >= 11 is 1.14. The minimum atomic E-state index is -0.530. The van der Waals surface area contributed by atoms with Gasteiger partial charge in [-0.3, -0.25) is 9.59 Å². The molecule has 0 saturated carbocycles. The Balaban J connectivity index is 1.49. The van der Waals surface area contributed by atoms with E-state index in [1.54, 1.807) is 31.4 Å². The average Bonchev–Trinajstić information content (AvgIpc) is 2.82. The highest BCUT2D eigenvalue weighted by molar-refractivity contribution is 7.99. The zero-order chi connectivity index (χ0) is 22.5. The van der Waals surface area contributed by atoms with Crippen LogP contribution in [0.3, 0.4) is 0 Å². The van der Waals surface area contributed by atoms with E-state index < -0.39 is 5.56 Å². The topological polar surface area (TPSA) is 108 Å². The first-order valence-electron chi connectivity index (χ1n) is 10.3. The van der Waals surface area contributed by atoms with Gasteiger partial charge in [0.05, 0.1) is 24.6 Å². The number of benzene rings is 2. The highest BCUT2D eigenvalue weighted by Crippen LogP contribution is 2.30. The van der Waals surface area contributed by atoms with Gasteiger partial charge < -0.3 is 15.0 Å². The van der Waals surface area contributed by atoms with Crippen molar-refractivity contribution in [2.45, 2.75) is 30.5 Å². The molecule has 1 heterocycles. The summed E-state index contributed by atoms with van der Waals surface area (Å²) in [5.74, 6) is 0.637. The van der Waals surface area contributed by atoms with Gasteiger partial charge in [0.2, 0.25) is 5.91 Å². The van der Waals surface area contributed by atoms with E-state index in [1.165, 1.54) is 11.1 Å². The number of nitrogens with zero attached hydrogens (tertiary/aromatic N) is 2. The van der Waals surface area contributed by atoms with Gasteiger partial charge in [-0.1, -0.05) is 36.0 Å². The first kappa shape index (κ1) is 21.7. The van der Waals surface area contributed by atoms with Crippen molar-refractivity contribution in [1.29, 1.82) is 5.26 Å². The molecule has 32 heavy (non-hydrogen) atoms. The summed E-state index contributed by atoms with van der Waals surface area (Å²) in [6, 6.07) is 17.0. The molecule has 2 N–H and O–H groups in total. The third-order valence-electron chi connectivity index (χ3n) is 5.42. The van der Waals surface area contributed by atoms with E-state index in [1.807, 2.05) is 18.2 Å². The lowest BCUT2D eigenvalue weighted by Gasteiger charge is -2.26.